The van der Waals surface area contributed by atoms with Crippen LogP contribution < -0.4 is 0 Å². The Morgan fingerprint density at radius 1 is 0.625 bits per heavy atom. The Balaban J connectivity index is 1.29. The van der Waals surface area contributed by atoms with Gasteiger partial charge in [0.1, 0.15) is 0 Å². The number of nitrogens with one attached hydrogen (secondary N) is 1. The molecule has 0 saturated heterocycles. The Labute approximate surface area is 212 Å². The number of halogens is 2. The molecule has 3 rings (SSSR count). The van der Waals surface area contributed by atoms with Gasteiger partial charge in [-0.3, -0.25) is 0 Å². The maximum Gasteiger partial charge on any atom is 0.0508 e. The largest absolute Gasteiger partial charge is 0.354 e. The zero-order valence-electron chi connectivity index (χ0n) is 20.0. The summed E-state index contributed by atoms with van der Waals surface area (Å²) in [6.07, 6.45) is 22.4. The van der Waals surface area contributed by atoms with Crippen LogP contribution in [0, 0.1) is 0 Å². The molecule has 32 heavy (non-hydrogen) atoms. The topological polar surface area (TPSA) is 15.8 Å². The van der Waals surface area contributed by atoms with Gasteiger partial charge in [0, 0.05) is 25.2 Å². The van der Waals surface area contributed by atoms with Gasteiger partial charge in [-0.15, -0.1) is 0 Å². The van der Waals surface area contributed by atoms with Crippen LogP contribution in [0.1, 0.15) is 109 Å². The van der Waals surface area contributed by atoms with E-state index in [2.05, 4.69) is 74.1 Å². The second-order valence-corrected chi connectivity index (χ2v) is 11.2. The Bertz CT molecular complexity index is 943. The zero-order chi connectivity index (χ0) is 22.6. The fourth-order valence-electron chi connectivity index (χ4n) is 4.90. The highest BCUT2D eigenvalue weighted by atomic mass is 79.9. The number of fused-ring (bicyclic) bond motifs is 3. The number of hydrogen-bond acceptors (Lipinski definition) is 0. The number of aryl methyl sites for hydroxylation is 1. The van der Waals surface area contributed by atoms with Crippen LogP contribution in [-0.2, 0) is 6.42 Å². The maximum atomic E-state index is 3.80. The predicted octanol–water partition coefficient (Wildman–Crippen LogP) is 11.3. The summed E-state index contributed by atoms with van der Waals surface area (Å²) in [6.45, 7) is 2.30. The molecule has 3 aromatic rings. The van der Waals surface area contributed by atoms with E-state index in [-0.39, 0.29) is 0 Å². The number of rotatable bonds is 16. The Hall–Kier alpha value is -0.800. The van der Waals surface area contributed by atoms with Crippen LogP contribution in [0.25, 0.3) is 21.8 Å². The van der Waals surface area contributed by atoms with E-state index in [0.29, 0.717) is 0 Å². The van der Waals surface area contributed by atoms with E-state index in [0.717, 1.165) is 10.9 Å². The van der Waals surface area contributed by atoms with Gasteiger partial charge in [0.25, 0.3) is 0 Å². The SMILES string of the molecule is CCCCCCCCCCCCCCCCCc1c(Br)ccc2c1[nH]c1cc(Br)ccc12. The van der Waals surface area contributed by atoms with Gasteiger partial charge in [0.2, 0.25) is 0 Å². The quantitative estimate of drug-likeness (QED) is 0.167. The lowest BCUT2D eigenvalue weighted by Crippen LogP contribution is -1.90. The normalized spacial score (nSPS) is 11.7. The summed E-state index contributed by atoms with van der Waals surface area (Å²) < 4.78 is 2.36. The number of hydrogen-bond donors (Lipinski definition) is 1. The molecule has 1 aromatic heterocycles. The molecule has 0 atom stereocenters. The molecule has 0 aliphatic rings. The van der Waals surface area contributed by atoms with E-state index in [1.54, 1.807) is 0 Å². The first-order chi connectivity index (χ1) is 15.7. The third-order valence-electron chi connectivity index (χ3n) is 6.82. The Morgan fingerprint density at radius 3 is 1.75 bits per heavy atom. The van der Waals surface area contributed by atoms with Crippen molar-refractivity contribution in [3.8, 4) is 0 Å². The molecule has 1 nitrogen and oxygen atoms in total. The molecular weight excluding hydrogens is 522 g/mol. The summed E-state index contributed by atoms with van der Waals surface area (Å²) in [6, 6.07) is 11.0. The summed E-state index contributed by atoms with van der Waals surface area (Å²) in [7, 11) is 0. The van der Waals surface area contributed by atoms with Crippen molar-refractivity contribution in [2.45, 2.75) is 110 Å². The Morgan fingerprint density at radius 2 is 1.16 bits per heavy atom. The molecule has 176 valence electrons. The molecule has 3 heteroatoms. The summed E-state index contributed by atoms with van der Waals surface area (Å²) in [5.41, 5.74) is 3.95. The number of benzene rings is 2. The first-order valence-electron chi connectivity index (χ1n) is 13.1. The lowest BCUT2D eigenvalue weighted by molar-refractivity contribution is 0.532. The van der Waals surface area contributed by atoms with E-state index in [1.165, 1.54) is 128 Å². The van der Waals surface area contributed by atoms with E-state index in [4.69, 9.17) is 0 Å². The summed E-state index contributed by atoms with van der Waals surface area (Å²) >= 11 is 7.40. The van der Waals surface area contributed by atoms with Crippen LogP contribution in [0.4, 0.5) is 0 Å². The molecule has 0 fully saturated rings. The minimum absolute atomic E-state index is 1.12. The molecular formula is C29H41Br2N. The van der Waals surface area contributed by atoms with Crippen molar-refractivity contribution in [1.82, 2.24) is 4.98 Å². The van der Waals surface area contributed by atoms with E-state index in [9.17, 15) is 0 Å². The molecule has 0 spiro atoms. The molecule has 0 saturated carbocycles. The molecule has 0 radical (unpaired) electrons. The lowest BCUT2D eigenvalue weighted by atomic mass is 10.0. The van der Waals surface area contributed by atoms with Gasteiger partial charge in [0.15, 0.2) is 0 Å². The Kier molecular flexibility index (Phi) is 11.7. The number of H-pyrrole nitrogens is 1. The van der Waals surface area contributed by atoms with E-state index in [1.807, 2.05) is 0 Å². The van der Waals surface area contributed by atoms with Gasteiger partial charge in [-0.25, -0.2) is 0 Å². The predicted molar refractivity (Wildman–Crippen MR) is 150 cm³/mol. The molecule has 0 aliphatic carbocycles. The van der Waals surface area contributed by atoms with Gasteiger partial charge in [-0.2, -0.15) is 0 Å². The standard InChI is InChI=1S/C29H41Br2N/c1-2-3-4-5-6-7-8-9-10-11-12-13-14-15-16-17-26-27(31)21-20-25-24-19-18-23(30)22-28(24)32-29(25)26/h18-22,32H,2-17H2,1H3. The molecule has 0 amide bonds. The minimum atomic E-state index is 1.12. The third kappa shape index (κ3) is 7.90. The highest BCUT2D eigenvalue weighted by molar-refractivity contribution is 9.10. The minimum Gasteiger partial charge on any atom is -0.354 e. The first-order valence-corrected chi connectivity index (χ1v) is 14.7. The van der Waals surface area contributed by atoms with Crippen molar-refractivity contribution < 1.29 is 0 Å². The van der Waals surface area contributed by atoms with Crippen molar-refractivity contribution in [2.75, 3.05) is 0 Å². The zero-order valence-corrected chi connectivity index (χ0v) is 23.1. The molecule has 0 aliphatic heterocycles. The van der Waals surface area contributed by atoms with Crippen LogP contribution in [-0.4, -0.2) is 4.98 Å². The monoisotopic (exact) mass is 561 g/mol. The molecule has 2 aromatic carbocycles. The fraction of sp³-hybridized carbons (Fsp3) is 0.586. The van der Waals surface area contributed by atoms with Crippen LogP contribution >= 0.6 is 31.9 Å². The van der Waals surface area contributed by atoms with Gasteiger partial charge < -0.3 is 4.98 Å². The highest BCUT2D eigenvalue weighted by Crippen LogP contribution is 2.34. The van der Waals surface area contributed by atoms with Crippen LogP contribution in [0.3, 0.4) is 0 Å². The summed E-state index contributed by atoms with van der Waals surface area (Å²) in [5, 5.41) is 2.65. The van der Waals surface area contributed by atoms with Crippen LogP contribution in [0.15, 0.2) is 39.3 Å². The second-order valence-electron chi connectivity index (χ2n) is 9.46. The highest BCUT2D eigenvalue weighted by Gasteiger charge is 2.11. The van der Waals surface area contributed by atoms with Gasteiger partial charge in [-0.1, -0.05) is 141 Å². The van der Waals surface area contributed by atoms with Gasteiger partial charge >= 0.3 is 0 Å². The average molecular weight is 563 g/mol. The van der Waals surface area contributed by atoms with E-state index >= 15 is 0 Å². The second kappa shape index (κ2) is 14.5. The number of aromatic amines is 1. The smallest absolute Gasteiger partial charge is 0.0508 e. The lowest BCUT2D eigenvalue weighted by Gasteiger charge is -2.07. The number of unbranched alkanes of at least 4 members (excludes halogenated alkanes) is 14. The van der Waals surface area contributed by atoms with Crippen LogP contribution in [0.5, 0.6) is 0 Å². The first kappa shape index (κ1) is 25.8. The molecule has 1 N–H and O–H groups in total. The van der Waals surface area contributed by atoms with Crippen molar-refractivity contribution in [1.29, 1.82) is 0 Å². The van der Waals surface area contributed by atoms with Crippen molar-refractivity contribution in [3.63, 3.8) is 0 Å². The van der Waals surface area contributed by atoms with Crippen molar-refractivity contribution >= 4 is 53.7 Å². The maximum absolute atomic E-state index is 3.80. The number of aromatic nitrogens is 1. The van der Waals surface area contributed by atoms with Crippen molar-refractivity contribution in [3.05, 3.63) is 44.8 Å². The molecule has 0 bridgehead atoms. The van der Waals surface area contributed by atoms with Crippen LogP contribution in [0.2, 0.25) is 0 Å². The molecule has 0 unspecified atom stereocenters. The molecule has 1 heterocycles. The van der Waals surface area contributed by atoms with Gasteiger partial charge in [0.05, 0.1) is 5.52 Å². The van der Waals surface area contributed by atoms with Gasteiger partial charge in [-0.05, 0) is 36.6 Å². The van der Waals surface area contributed by atoms with Crippen molar-refractivity contribution in [2.24, 2.45) is 0 Å². The van der Waals surface area contributed by atoms with E-state index < -0.39 is 0 Å². The third-order valence-corrected chi connectivity index (χ3v) is 8.05. The summed E-state index contributed by atoms with van der Waals surface area (Å²) in [5.74, 6) is 0. The average Bonchev–Trinajstić information content (AvgIpc) is 3.15. The fourth-order valence-corrected chi connectivity index (χ4v) is 5.79. The summed E-state index contributed by atoms with van der Waals surface area (Å²) in [4.78, 5) is 3.67.